The van der Waals surface area contributed by atoms with Crippen LogP contribution in [0.25, 0.3) is 0 Å². The number of hydrogen-bond acceptors (Lipinski definition) is 3. The van der Waals surface area contributed by atoms with Crippen LogP contribution in [0, 0.1) is 0 Å². The topological polar surface area (TPSA) is 57.6 Å². The van der Waals surface area contributed by atoms with Gasteiger partial charge in [0.2, 0.25) is 0 Å². The predicted molar refractivity (Wildman–Crippen MR) is 71.4 cm³/mol. The summed E-state index contributed by atoms with van der Waals surface area (Å²) in [7, 11) is 0. The quantitative estimate of drug-likeness (QED) is 0.862. The highest BCUT2D eigenvalue weighted by atomic mass is 79.9. The summed E-state index contributed by atoms with van der Waals surface area (Å²) in [6.07, 6.45) is 5.17. The molecule has 2 heterocycles. The molecule has 2 aromatic heterocycles. The lowest BCUT2D eigenvalue weighted by atomic mass is 10.1. The van der Waals surface area contributed by atoms with Crippen LogP contribution < -0.4 is 5.69 Å². The summed E-state index contributed by atoms with van der Waals surface area (Å²) < 4.78 is 5.80. The molecule has 0 aromatic carbocycles. The molecule has 0 N–H and O–H groups in total. The SMILES string of the molecule is CC(C)(C)n1ncn(CCn2cc(Br)cn2)c1=O. The van der Waals surface area contributed by atoms with E-state index in [2.05, 4.69) is 26.1 Å². The summed E-state index contributed by atoms with van der Waals surface area (Å²) in [5.74, 6) is 0. The lowest BCUT2D eigenvalue weighted by molar-refractivity contribution is 0.339. The molecule has 0 fully saturated rings. The molecule has 0 saturated carbocycles. The molecular formula is C11H16BrN5O. The Morgan fingerprint density at radius 1 is 1.28 bits per heavy atom. The molecule has 0 radical (unpaired) electrons. The Balaban J connectivity index is 2.12. The van der Waals surface area contributed by atoms with Gasteiger partial charge in [-0.1, -0.05) is 0 Å². The van der Waals surface area contributed by atoms with E-state index < -0.39 is 0 Å². The fourth-order valence-corrected chi connectivity index (χ4v) is 1.95. The lowest BCUT2D eigenvalue weighted by Crippen LogP contribution is -2.36. The van der Waals surface area contributed by atoms with Crippen molar-refractivity contribution in [3.63, 3.8) is 0 Å². The van der Waals surface area contributed by atoms with Gasteiger partial charge in [0.15, 0.2) is 0 Å². The minimum Gasteiger partial charge on any atom is -0.280 e. The van der Waals surface area contributed by atoms with Crippen molar-refractivity contribution in [3.8, 4) is 0 Å². The van der Waals surface area contributed by atoms with Crippen LogP contribution in [0.3, 0.4) is 0 Å². The zero-order valence-corrected chi connectivity index (χ0v) is 12.3. The van der Waals surface area contributed by atoms with E-state index in [9.17, 15) is 4.79 Å². The summed E-state index contributed by atoms with van der Waals surface area (Å²) in [5.41, 5.74) is -0.384. The van der Waals surface area contributed by atoms with Gasteiger partial charge < -0.3 is 0 Å². The summed E-state index contributed by atoms with van der Waals surface area (Å²) in [4.78, 5) is 12.1. The van der Waals surface area contributed by atoms with Gasteiger partial charge in [-0.2, -0.15) is 10.2 Å². The van der Waals surface area contributed by atoms with E-state index in [-0.39, 0.29) is 11.2 Å². The largest absolute Gasteiger partial charge is 0.346 e. The van der Waals surface area contributed by atoms with E-state index in [1.807, 2.05) is 27.0 Å². The molecule has 0 amide bonds. The van der Waals surface area contributed by atoms with E-state index in [0.29, 0.717) is 13.1 Å². The van der Waals surface area contributed by atoms with Crippen molar-refractivity contribution in [2.45, 2.75) is 39.4 Å². The zero-order chi connectivity index (χ0) is 13.3. The molecule has 18 heavy (non-hydrogen) atoms. The van der Waals surface area contributed by atoms with Gasteiger partial charge in [-0.05, 0) is 36.7 Å². The second-order valence-corrected chi connectivity index (χ2v) is 6.03. The van der Waals surface area contributed by atoms with Gasteiger partial charge in [-0.3, -0.25) is 9.25 Å². The zero-order valence-electron chi connectivity index (χ0n) is 10.7. The molecule has 0 unspecified atom stereocenters. The smallest absolute Gasteiger partial charge is 0.280 e. The van der Waals surface area contributed by atoms with Crippen molar-refractivity contribution in [2.75, 3.05) is 0 Å². The lowest BCUT2D eigenvalue weighted by Gasteiger charge is -2.16. The number of halogens is 1. The van der Waals surface area contributed by atoms with Gasteiger partial charge in [0.25, 0.3) is 0 Å². The average molecular weight is 314 g/mol. The molecular weight excluding hydrogens is 298 g/mol. The Labute approximate surface area is 113 Å². The first-order valence-electron chi connectivity index (χ1n) is 5.71. The van der Waals surface area contributed by atoms with Gasteiger partial charge >= 0.3 is 5.69 Å². The third kappa shape index (κ3) is 2.72. The van der Waals surface area contributed by atoms with Crippen molar-refractivity contribution in [1.82, 2.24) is 24.1 Å². The Bertz CT molecular complexity index is 589. The minimum atomic E-state index is -0.295. The van der Waals surface area contributed by atoms with Crippen molar-refractivity contribution < 1.29 is 0 Å². The van der Waals surface area contributed by atoms with Crippen LogP contribution in [0.1, 0.15) is 20.8 Å². The first kappa shape index (κ1) is 13.1. The van der Waals surface area contributed by atoms with E-state index in [4.69, 9.17) is 0 Å². The molecule has 6 nitrogen and oxygen atoms in total. The van der Waals surface area contributed by atoms with Gasteiger partial charge in [0.05, 0.1) is 22.8 Å². The van der Waals surface area contributed by atoms with Crippen LogP contribution in [0.5, 0.6) is 0 Å². The highest BCUT2D eigenvalue weighted by Crippen LogP contribution is 2.08. The standard InChI is InChI=1S/C11H16BrN5O/c1-11(2,3)17-10(18)15(8-14-17)4-5-16-7-9(12)6-13-16/h6-8H,4-5H2,1-3H3. The van der Waals surface area contributed by atoms with Gasteiger partial charge in [-0.25, -0.2) is 9.48 Å². The maximum Gasteiger partial charge on any atom is 0.346 e. The second-order valence-electron chi connectivity index (χ2n) is 5.11. The van der Waals surface area contributed by atoms with E-state index in [0.717, 1.165) is 4.47 Å². The van der Waals surface area contributed by atoms with Crippen molar-refractivity contribution >= 4 is 15.9 Å². The molecule has 2 rings (SSSR count). The second kappa shape index (κ2) is 4.72. The molecule has 0 spiro atoms. The number of hydrogen-bond donors (Lipinski definition) is 0. The summed E-state index contributed by atoms with van der Waals surface area (Å²) in [6.45, 7) is 7.06. The minimum absolute atomic E-state index is 0.0891. The molecule has 0 aliphatic rings. The molecule has 7 heteroatoms. The fraction of sp³-hybridized carbons (Fsp3) is 0.545. The maximum atomic E-state index is 12.1. The van der Waals surface area contributed by atoms with Crippen molar-refractivity contribution in [3.05, 3.63) is 33.7 Å². The van der Waals surface area contributed by atoms with Gasteiger partial charge in [0, 0.05) is 12.7 Å². The molecule has 0 saturated heterocycles. The van der Waals surface area contributed by atoms with Gasteiger partial charge in [0.1, 0.15) is 6.33 Å². The molecule has 0 aliphatic heterocycles. The fourth-order valence-electron chi connectivity index (χ4n) is 1.62. The van der Waals surface area contributed by atoms with E-state index >= 15 is 0 Å². The molecule has 0 bridgehead atoms. The molecule has 0 aliphatic carbocycles. The van der Waals surface area contributed by atoms with E-state index in [1.165, 1.54) is 4.68 Å². The molecule has 2 aromatic rings. The number of aromatic nitrogens is 5. The summed E-state index contributed by atoms with van der Waals surface area (Å²) in [5, 5.41) is 8.28. The highest BCUT2D eigenvalue weighted by Gasteiger charge is 2.18. The Morgan fingerprint density at radius 3 is 2.50 bits per heavy atom. The van der Waals surface area contributed by atoms with Crippen molar-refractivity contribution in [2.24, 2.45) is 0 Å². The van der Waals surface area contributed by atoms with Gasteiger partial charge in [-0.15, -0.1) is 0 Å². The van der Waals surface area contributed by atoms with Crippen LogP contribution in [-0.4, -0.2) is 24.1 Å². The Kier molecular flexibility index (Phi) is 3.43. The predicted octanol–water partition coefficient (Wildman–Crippen LogP) is 1.46. The number of aryl methyl sites for hydroxylation is 2. The first-order chi connectivity index (χ1) is 8.38. The average Bonchev–Trinajstić information content (AvgIpc) is 2.81. The molecule has 98 valence electrons. The normalized spacial score (nSPS) is 12.0. The third-order valence-corrected chi connectivity index (χ3v) is 2.95. The van der Waals surface area contributed by atoms with Crippen LogP contribution in [0.2, 0.25) is 0 Å². The monoisotopic (exact) mass is 313 g/mol. The van der Waals surface area contributed by atoms with Crippen molar-refractivity contribution in [1.29, 1.82) is 0 Å². The summed E-state index contributed by atoms with van der Waals surface area (Å²) in [6, 6.07) is 0. The van der Waals surface area contributed by atoms with Crippen LogP contribution in [0.15, 0.2) is 28.0 Å². The number of rotatable bonds is 3. The van der Waals surface area contributed by atoms with Crippen LogP contribution in [-0.2, 0) is 18.6 Å². The highest BCUT2D eigenvalue weighted by molar-refractivity contribution is 9.10. The Morgan fingerprint density at radius 2 is 2.00 bits per heavy atom. The summed E-state index contributed by atoms with van der Waals surface area (Å²) >= 11 is 3.33. The Hall–Kier alpha value is -1.37. The number of nitrogens with zero attached hydrogens (tertiary/aromatic N) is 5. The molecule has 0 atom stereocenters. The first-order valence-corrected chi connectivity index (χ1v) is 6.50. The van der Waals surface area contributed by atoms with Crippen LogP contribution in [0.4, 0.5) is 0 Å². The maximum absolute atomic E-state index is 12.1. The third-order valence-electron chi connectivity index (χ3n) is 2.54. The van der Waals surface area contributed by atoms with Crippen LogP contribution >= 0.6 is 15.9 Å². The van der Waals surface area contributed by atoms with E-state index in [1.54, 1.807) is 21.8 Å².